The van der Waals surface area contributed by atoms with Crippen LogP contribution in [0.15, 0.2) is 18.2 Å². The fraction of sp³-hybridized carbons (Fsp3) is 0.647. The van der Waals surface area contributed by atoms with E-state index in [1.807, 2.05) is 18.2 Å². The summed E-state index contributed by atoms with van der Waals surface area (Å²) in [6.07, 6.45) is 0. The Kier molecular flexibility index (Phi) is 6.71. The summed E-state index contributed by atoms with van der Waals surface area (Å²) in [5.41, 5.74) is 1.14. The Hall–Kier alpha value is -1.39. The van der Waals surface area contributed by atoms with Crippen LogP contribution in [0.3, 0.4) is 0 Å². The zero-order chi connectivity index (χ0) is 18.4. The van der Waals surface area contributed by atoms with Crippen LogP contribution < -0.4 is 9.47 Å². The van der Waals surface area contributed by atoms with E-state index in [2.05, 4.69) is 4.90 Å². The summed E-state index contributed by atoms with van der Waals surface area (Å²) >= 11 is 0. The molecule has 3 rings (SSSR count). The molecule has 2 aliphatic rings. The predicted molar refractivity (Wildman–Crippen MR) is 95.9 cm³/mol. The van der Waals surface area contributed by atoms with E-state index in [4.69, 9.17) is 18.9 Å². The molecule has 0 radical (unpaired) electrons. The molecule has 1 aromatic rings. The Morgan fingerprint density at radius 1 is 1.04 bits per heavy atom. The van der Waals surface area contributed by atoms with Crippen LogP contribution in [0, 0.1) is 0 Å². The standard InChI is InChI=1S/C17H26N2O6S/c1-22-8-9-23-10-11-26(20,21)19-6-4-18(5-7-19)13-15-2-3-16-17(12-15)25-14-24-16/h2-3,12H,4-11,13-14H2,1H3. The van der Waals surface area contributed by atoms with Gasteiger partial charge in [0.2, 0.25) is 16.8 Å². The number of benzene rings is 1. The Morgan fingerprint density at radius 3 is 2.58 bits per heavy atom. The van der Waals surface area contributed by atoms with Gasteiger partial charge in [0.15, 0.2) is 11.5 Å². The minimum Gasteiger partial charge on any atom is -0.454 e. The smallest absolute Gasteiger partial charge is 0.231 e. The summed E-state index contributed by atoms with van der Waals surface area (Å²) in [5, 5.41) is 0. The van der Waals surface area contributed by atoms with Crippen LogP contribution in [-0.4, -0.2) is 83.3 Å². The third-order valence-electron chi connectivity index (χ3n) is 4.49. The van der Waals surface area contributed by atoms with Crippen LogP contribution in [0.1, 0.15) is 5.56 Å². The number of sulfonamides is 1. The van der Waals surface area contributed by atoms with E-state index in [0.29, 0.717) is 39.4 Å². The van der Waals surface area contributed by atoms with Crippen molar-refractivity contribution in [2.45, 2.75) is 6.54 Å². The molecule has 0 N–H and O–H groups in total. The van der Waals surface area contributed by atoms with Crippen molar-refractivity contribution in [2.24, 2.45) is 0 Å². The maximum atomic E-state index is 12.4. The van der Waals surface area contributed by atoms with Gasteiger partial charge in [-0.05, 0) is 17.7 Å². The summed E-state index contributed by atoms with van der Waals surface area (Å²) in [6, 6.07) is 5.93. The number of ether oxygens (including phenoxy) is 4. The Morgan fingerprint density at radius 2 is 1.81 bits per heavy atom. The third kappa shape index (κ3) is 5.08. The summed E-state index contributed by atoms with van der Waals surface area (Å²) in [4.78, 5) is 2.25. The van der Waals surface area contributed by atoms with Crippen molar-refractivity contribution in [3.8, 4) is 11.5 Å². The van der Waals surface area contributed by atoms with Gasteiger partial charge in [0, 0.05) is 39.8 Å². The van der Waals surface area contributed by atoms with Crippen LogP contribution in [-0.2, 0) is 26.0 Å². The second-order valence-corrected chi connectivity index (χ2v) is 8.37. The lowest BCUT2D eigenvalue weighted by Crippen LogP contribution is -2.49. The first-order valence-corrected chi connectivity index (χ1v) is 10.3. The topological polar surface area (TPSA) is 77.5 Å². The first-order valence-electron chi connectivity index (χ1n) is 8.74. The molecule has 9 heteroatoms. The zero-order valence-electron chi connectivity index (χ0n) is 15.1. The van der Waals surface area contributed by atoms with Gasteiger partial charge in [0.1, 0.15) is 0 Å². The highest BCUT2D eigenvalue weighted by molar-refractivity contribution is 7.89. The maximum absolute atomic E-state index is 12.4. The number of fused-ring (bicyclic) bond motifs is 1. The van der Waals surface area contributed by atoms with Gasteiger partial charge >= 0.3 is 0 Å². The van der Waals surface area contributed by atoms with E-state index in [9.17, 15) is 8.42 Å². The first kappa shape index (κ1) is 19.4. The lowest BCUT2D eigenvalue weighted by Gasteiger charge is -2.34. The van der Waals surface area contributed by atoms with Crippen molar-refractivity contribution < 1.29 is 27.4 Å². The molecule has 0 bridgehead atoms. The highest BCUT2D eigenvalue weighted by Gasteiger charge is 2.27. The average Bonchev–Trinajstić information content (AvgIpc) is 3.10. The Bertz CT molecular complexity index is 688. The number of hydrogen-bond acceptors (Lipinski definition) is 7. The Balaban J connectivity index is 1.43. The van der Waals surface area contributed by atoms with Crippen molar-refractivity contribution >= 4 is 10.0 Å². The summed E-state index contributed by atoms with van der Waals surface area (Å²) < 4.78 is 47.2. The molecule has 8 nitrogen and oxygen atoms in total. The molecule has 2 aliphatic heterocycles. The maximum Gasteiger partial charge on any atom is 0.231 e. The van der Waals surface area contributed by atoms with Crippen LogP contribution >= 0.6 is 0 Å². The van der Waals surface area contributed by atoms with E-state index in [1.165, 1.54) is 0 Å². The normalized spacial score (nSPS) is 18.3. The van der Waals surface area contributed by atoms with Gasteiger partial charge in [0.05, 0.1) is 25.6 Å². The number of nitrogens with zero attached hydrogens (tertiary/aromatic N) is 2. The number of piperazine rings is 1. The van der Waals surface area contributed by atoms with Gasteiger partial charge < -0.3 is 18.9 Å². The molecule has 0 saturated carbocycles. The highest BCUT2D eigenvalue weighted by atomic mass is 32.2. The summed E-state index contributed by atoms with van der Waals surface area (Å²) in [5.74, 6) is 1.56. The van der Waals surface area contributed by atoms with Gasteiger partial charge in [-0.1, -0.05) is 6.07 Å². The zero-order valence-corrected chi connectivity index (χ0v) is 15.9. The van der Waals surface area contributed by atoms with E-state index in [-0.39, 0.29) is 19.2 Å². The van der Waals surface area contributed by atoms with E-state index >= 15 is 0 Å². The second-order valence-electron chi connectivity index (χ2n) is 6.28. The highest BCUT2D eigenvalue weighted by Crippen LogP contribution is 2.32. The molecule has 26 heavy (non-hydrogen) atoms. The molecule has 1 aromatic carbocycles. The van der Waals surface area contributed by atoms with Crippen molar-refractivity contribution in [3.05, 3.63) is 23.8 Å². The molecule has 2 heterocycles. The largest absolute Gasteiger partial charge is 0.454 e. The van der Waals surface area contributed by atoms with Crippen molar-refractivity contribution in [1.29, 1.82) is 0 Å². The summed E-state index contributed by atoms with van der Waals surface area (Å²) in [7, 11) is -1.68. The van der Waals surface area contributed by atoms with Gasteiger partial charge in [-0.2, -0.15) is 4.31 Å². The fourth-order valence-corrected chi connectivity index (χ4v) is 4.31. The van der Waals surface area contributed by atoms with E-state index < -0.39 is 10.0 Å². The lowest BCUT2D eigenvalue weighted by molar-refractivity contribution is 0.0779. The monoisotopic (exact) mass is 386 g/mol. The predicted octanol–water partition coefficient (Wildman–Crippen LogP) is 0.526. The quantitative estimate of drug-likeness (QED) is 0.573. The van der Waals surface area contributed by atoms with Crippen LogP contribution in [0.25, 0.3) is 0 Å². The molecular weight excluding hydrogens is 360 g/mol. The number of methoxy groups -OCH3 is 1. The molecular formula is C17H26N2O6S. The van der Waals surface area contributed by atoms with Crippen LogP contribution in [0.4, 0.5) is 0 Å². The molecule has 146 valence electrons. The van der Waals surface area contributed by atoms with Crippen LogP contribution in [0.2, 0.25) is 0 Å². The number of rotatable bonds is 9. The minimum atomic E-state index is -3.27. The first-order chi connectivity index (χ1) is 12.6. The lowest BCUT2D eigenvalue weighted by atomic mass is 10.2. The molecule has 1 saturated heterocycles. The van der Waals surface area contributed by atoms with Gasteiger partial charge in [-0.3, -0.25) is 4.90 Å². The van der Waals surface area contributed by atoms with Crippen molar-refractivity contribution in [2.75, 3.05) is 65.7 Å². The van der Waals surface area contributed by atoms with Crippen molar-refractivity contribution in [1.82, 2.24) is 9.21 Å². The fourth-order valence-electron chi connectivity index (χ4n) is 3.00. The Labute approximate surface area is 154 Å². The number of hydrogen-bond donors (Lipinski definition) is 0. The molecule has 0 aromatic heterocycles. The average molecular weight is 386 g/mol. The minimum absolute atomic E-state index is 0.0128. The van der Waals surface area contributed by atoms with E-state index in [1.54, 1.807) is 11.4 Å². The van der Waals surface area contributed by atoms with Gasteiger partial charge in [-0.25, -0.2) is 8.42 Å². The molecule has 0 atom stereocenters. The molecule has 0 aliphatic carbocycles. The van der Waals surface area contributed by atoms with Crippen molar-refractivity contribution in [3.63, 3.8) is 0 Å². The molecule has 0 spiro atoms. The van der Waals surface area contributed by atoms with E-state index in [0.717, 1.165) is 23.6 Å². The molecule has 0 amide bonds. The second kappa shape index (κ2) is 9.01. The SMILES string of the molecule is COCCOCCS(=O)(=O)N1CCN(Cc2ccc3c(c2)OCO3)CC1. The summed E-state index contributed by atoms with van der Waals surface area (Å²) in [6.45, 7) is 4.54. The van der Waals surface area contributed by atoms with Gasteiger partial charge in [0.25, 0.3) is 0 Å². The molecule has 1 fully saturated rings. The van der Waals surface area contributed by atoms with Crippen LogP contribution in [0.5, 0.6) is 11.5 Å². The third-order valence-corrected chi connectivity index (χ3v) is 6.32. The van der Waals surface area contributed by atoms with Gasteiger partial charge in [-0.15, -0.1) is 0 Å². The molecule has 0 unspecified atom stereocenters.